The second-order valence-corrected chi connectivity index (χ2v) is 8.62. The lowest BCUT2D eigenvalue weighted by Crippen LogP contribution is -2.39. The molecule has 0 saturated heterocycles. The zero-order valence-corrected chi connectivity index (χ0v) is 18.2. The van der Waals surface area contributed by atoms with Crippen LogP contribution in [0.2, 0.25) is 5.02 Å². The monoisotopic (exact) mass is 457 g/mol. The average molecular weight is 458 g/mol. The third-order valence-corrected chi connectivity index (χ3v) is 6.33. The molecule has 1 N–H and O–H groups in total. The SMILES string of the molecule is COc1cccc(/C=N/NC(=O)CN(c2ccccc2Cl)S(=O)(=O)c2ccccc2)c1. The number of ether oxygens (including phenoxy) is 1. The van der Waals surface area contributed by atoms with Crippen molar-refractivity contribution < 1.29 is 17.9 Å². The van der Waals surface area contributed by atoms with Crippen molar-refractivity contribution >= 4 is 39.4 Å². The number of para-hydroxylation sites is 1. The molecule has 1 amide bonds. The minimum absolute atomic E-state index is 0.0441. The normalized spacial score (nSPS) is 11.3. The summed E-state index contributed by atoms with van der Waals surface area (Å²) in [4.78, 5) is 12.6. The summed E-state index contributed by atoms with van der Waals surface area (Å²) in [6.45, 7) is -0.504. The molecule has 7 nitrogen and oxygen atoms in total. The van der Waals surface area contributed by atoms with Crippen LogP contribution in [0.15, 0.2) is 88.9 Å². The highest BCUT2D eigenvalue weighted by Crippen LogP contribution is 2.30. The van der Waals surface area contributed by atoms with E-state index in [2.05, 4.69) is 10.5 Å². The van der Waals surface area contributed by atoms with Crippen LogP contribution in [0.3, 0.4) is 0 Å². The van der Waals surface area contributed by atoms with Crippen molar-refractivity contribution in [3.05, 3.63) is 89.4 Å². The average Bonchev–Trinajstić information content (AvgIpc) is 2.79. The number of nitrogens with zero attached hydrogens (tertiary/aromatic N) is 2. The quantitative estimate of drug-likeness (QED) is 0.412. The van der Waals surface area contributed by atoms with Gasteiger partial charge in [0.2, 0.25) is 0 Å². The summed E-state index contributed by atoms with van der Waals surface area (Å²) in [6, 6.07) is 21.4. The Bertz CT molecular complexity index is 1180. The summed E-state index contributed by atoms with van der Waals surface area (Å²) in [5, 5.41) is 4.11. The van der Waals surface area contributed by atoms with Crippen molar-refractivity contribution in [3.63, 3.8) is 0 Å². The number of hydrogen-bond donors (Lipinski definition) is 1. The van der Waals surface area contributed by atoms with E-state index in [1.54, 1.807) is 67.8 Å². The van der Waals surface area contributed by atoms with E-state index in [0.717, 1.165) is 4.31 Å². The first-order valence-electron chi connectivity index (χ1n) is 9.20. The molecule has 3 aromatic carbocycles. The van der Waals surface area contributed by atoms with Gasteiger partial charge >= 0.3 is 0 Å². The van der Waals surface area contributed by atoms with E-state index in [1.807, 2.05) is 0 Å². The highest BCUT2D eigenvalue weighted by Gasteiger charge is 2.28. The van der Waals surface area contributed by atoms with Crippen LogP contribution in [-0.2, 0) is 14.8 Å². The number of halogens is 1. The summed E-state index contributed by atoms with van der Waals surface area (Å²) in [5.74, 6) is 0.0210. The predicted octanol–water partition coefficient (Wildman–Crippen LogP) is 3.69. The highest BCUT2D eigenvalue weighted by molar-refractivity contribution is 7.92. The summed E-state index contributed by atoms with van der Waals surface area (Å²) in [6.07, 6.45) is 1.44. The molecule has 0 aliphatic carbocycles. The van der Waals surface area contributed by atoms with Crippen LogP contribution in [0.25, 0.3) is 0 Å². The first kappa shape index (κ1) is 22.3. The predicted molar refractivity (Wildman–Crippen MR) is 121 cm³/mol. The molecule has 3 rings (SSSR count). The maximum absolute atomic E-state index is 13.2. The Morgan fingerprint density at radius 1 is 1.06 bits per heavy atom. The van der Waals surface area contributed by atoms with Crippen LogP contribution in [0, 0.1) is 0 Å². The lowest BCUT2D eigenvalue weighted by Gasteiger charge is -2.24. The van der Waals surface area contributed by atoms with E-state index in [9.17, 15) is 13.2 Å². The largest absolute Gasteiger partial charge is 0.497 e. The van der Waals surface area contributed by atoms with Crippen LogP contribution in [-0.4, -0.2) is 34.2 Å². The molecule has 0 bridgehead atoms. The molecule has 160 valence electrons. The number of nitrogens with one attached hydrogen (secondary N) is 1. The molecule has 0 aliphatic heterocycles. The van der Waals surface area contributed by atoms with Crippen molar-refractivity contribution in [2.75, 3.05) is 18.0 Å². The van der Waals surface area contributed by atoms with Crippen LogP contribution >= 0.6 is 11.6 Å². The number of hydrazone groups is 1. The summed E-state index contributed by atoms with van der Waals surface area (Å²) >= 11 is 6.23. The van der Waals surface area contributed by atoms with E-state index in [1.165, 1.54) is 24.4 Å². The number of rotatable bonds is 8. The molecule has 0 unspecified atom stereocenters. The standard InChI is InChI=1S/C22H20ClN3O4S/c1-30-18-9-7-8-17(14-18)15-24-25-22(27)16-26(21-13-6-5-12-20(21)23)31(28,29)19-10-3-2-4-11-19/h2-15H,16H2,1H3,(H,25,27)/b24-15+. The molecule has 0 fully saturated rings. The molecule has 0 heterocycles. The van der Waals surface area contributed by atoms with Crippen LogP contribution in [0.1, 0.15) is 5.56 Å². The molecular formula is C22H20ClN3O4S. The number of sulfonamides is 1. The lowest BCUT2D eigenvalue weighted by molar-refractivity contribution is -0.119. The first-order chi connectivity index (χ1) is 14.9. The molecule has 0 aromatic heterocycles. The van der Waals surface area contributed by atoms with Gasteiger partial charge in [-0.15, -0.1) is 0 Å². The Labute approximate surface area is 186 Å². The van der Waals surface area contributed by atoms with E-state index in [4.69, 9.17) is 16.3 Å². The molecule has 0 aliphatic rings. The number of anilines is 1. The van der Waals surface area contributed by atoms with Gasteiger partial charge in [-0.2, -0.15) is 5.10 Å². The smallest absolute Gasteiger partial charge is 0.264 e. The second kappa shape index (κ2) is 10.1. The van der Waals surface area contributed by atoms with Gasteiger partial charge in [-0.1, -0.05) is 54.1 Å². The lowest BCUT2D eigenvalue weighted by atomic mass is 10.2. The minimum Gasteiger partial charge on any atom is -0.497 e. The molecule has 31 heavy (non-hydrogen) atoms. The van der Waals surface area contributed by atoms with E-state index >= 15 is 0 Å². The maximum Gasteiger partial charge on any atom is 0.264 e. The van der Waals surface area contributed by atoms with Gasteiger partial charge in [0.15, 0.2) is 0 Å². The zero-order valence-electron chi connectivity index (χ0n) is 16.6. The molecule has 0 spiro atoms. The summed E-state index contributed by atoms with van der Waals surface area (Å²) < 4.78 is 32.5. The van der Waals surface area contributed by atoms with E-state index in [0.29, 0.717) is 11.3 Å². The number of carbonyl (C=O) groups is 1. The fourth-order valence-electron chi connectivity index (χ4n) is 2.74. The molecule has 0 atom stereocenters. The number of benzene rings is 3. The molecule has 0 saturated carbocycles. The number of amides is 1. The van der Waals surface area contributed by atoms with Gasteiger partial charge < -0.3 is 4.74 Å². The zero-order chi connectivity index (χ0) is 22.3. The Hall–Kier alpha value is -3.36. The highest BCUT2D eigenvalue weighted by atomic mass is 35.5. The maximum atomic E-state index is 13.2. The van der Waals surface area contributed by atoms with Gasteiger partial charge in [-0.25, -0.2) is 13.8 Å². The molecule has 9 heteroatoms. The first-order valence-corrected chi connectivity index (χ1v) is 11.0. The van der Waals surface area contributed by atoms with E-state index in [-0.39, 0.29) is 15.6 Å². The number of carbonyl (C=O) groups excluding carboxylic acids is 1. The van der Waals surface area contributed by atoms with Gasteiger partial charge in [-0.3, -0.25) is 9.10 Å². The van der Waals surface area contributed by atoms with Crippen molar-refractivity contribution in [2.24, 2.45) is 5.10 Å². The Kier molecular flexibility index (Phi) is 7.28. The topological polar surface area (TPSA) is 88.1 Å². The summed E-state index contributed by atoms with van der Waals surface area (Å²) in [5.41, 5.74) is 3.25. The van der Waals surface area contributed by atoms with Crippen LogP contribution in [0.5, 0.6) is 5.75 Å². The fraction of sp³-hybridized carbons (Fsp3) is 0.0909. The molecule has 0 radical (unpaired) electrons. The number of hydrogen-bond acceptors (Lipinski definition) is 5. The van der Waals surface area contributed by atoms with Crippen molar-refractivity contribution in [1.29, 1.82) is 0 Å². The second-order valence-electron chi connectivity index (χ2n) is 6.35. The fourth-order valence-corrected chi connectivity index (χ4v) is 4.49. The van der Waals surface area contributed by atoms with Gasteiger partial charge in [0.1, 0.15) is 12.3 Å². The Morgan fingerprint density at radius 3 is 2.48 bits per heavy atom. The minimum atomic E-state index is -4.04. The summed E-state index contributed by atoms with van der Waals surface area (Å²) in [7, 11) is -2.49. The Balaban J connectivity index is 1.82. The van der Waals surface area contributed by atoms with Crippen molar-refractivity contribution in [1.82, 2.24) is 5.43 Å². The van der Waals surface area contributed by atoms with Crippen molar-refractivity contribution in [2.45, 2.75) is 4.90 Å². The van der Waals surface area contributed by atoms with Crippen molar-refractivity contribution in [3.8, 4) is 5.75 Å². The molecular weight excluding hydrogens is 438 g/mol. The van der Waals surface area contributed by atoms with Crippen LogP contribution < -0.4 is 14.5 Å². The van der Waals surface area contributed by atoms with Gasteiger partial charge in [-0.05, 0) is 42.0 Å². The van der Waals surface area contributed by atoms with Crippen LogP contribution in [0.4, 0.5) is 5.69 Å². The van der Waals surface area contributed by atoms with Gasteiger partial charge in [0.25, 0.3) is 15.9 Å². The Morgan fingerprint density at radius 2 is 1.77 bits per heavy atom. The number of methoxy groups -OCH3 is 1. The third kappa shape index (κ3) is 5.62. The van der Waals surface area contributed by atoms with Gasteiger partial charge in [0.05, 0.1) is 28.9 Å². The molecule has 3 aromatic rings. The van der Waals surface area contributed by atoms with E-state index < -0.39 is 22.5 Å². The third-order valence-electron chi connectivity index (χ3n) is 4.24. The van der Waals surface area contributed by atoms with Gasteiger partial charge in [0, 0.05) is 0 Å².